The standard InChI is InChI=1S/C14H17NO3/c1-3-7-15-11(4-2)13(14(17)18)10-8-9(16)5-6-12(10)15/h5-6,8,16H,3-4,7H2,1-2H3,(H,17,18). The van der Waals surface area contributed by atoms with Gasteiger partial charge in [0.2, 0.25) is 0 Å². The summed E-state index contributed by atoms with van der Waals surface area (Å²) in [5.74, 6) is -0.835. The number of rotatable bonds is 4. The summed E-state index contributed by atoms with van der Waals surface area (Å²) >= 11 is 0. The first kappa shape index (κ1) is 12.5. The first-order valence-electron chi connectivity index (χ1n) is 6.17. The highest BCUT2D eigenvalue weighted by Gasteiger charge is 2.20. The fourth-order valence-corrected chi connectivity index (χ4v) is 2.48. The van der Waals surface area contributed by atoms with Crippen LogP contribution in [0.25, 0.3) is 10.9 Å². The summed E-state index contributed by atoms with van der Waals surface area (Å²) in [6.45, 7) is 4.80. The average Bonchev–Trinajstić information content (AvgIpc) is 2.63. The normalized spacial score (nSPS) is 11.0. The van der Waals surface area contributed by atoms with Crippen LogP contribution in [0.1, 0.15) is 36.3 Å². The summed E-state index contributed by atoms with van der Waals surface area (Å²) in [6.07, 6.45) is 1.60. The lowest BCUT2D eigenvalue weighted by atomic mass is 10.1. The van der Waals surface area contributed by atoms with Crippen molar-refractivity contribution in [2.24, 2.45) is 0 Å². The zero-order valence-electron chi connectivity index (χ0n) is 10.6. The summed E-state index contributed by atoms with van der Waals surface area (Å²) in [5, 5.41) is 19.5. The topological polar surface area (TPSA) is 62.5 Å². The summed E-state index contributed by atoms with van der Waals surface area (Å²) in [5.41, 5.74) is 2.02. The van der Waals surface area contributed by atoms with Crippen molar-refractivity contribution in [1.29, 1.82) is 0 Å². The Kier molecular flexibility index (Phi) is 3.28. The van der Waals surface area contributed by atoms with Gasteiger partial charge in [-0.15, -0.1) is 0 Å². The van der Waals surface area contributed by atoms with E-state index in [0.717, 1.165) is 24.2 Å². The molecule has 0 unspecified atom stereocenters. The molecule has 2 rings (SSSR count). The number of carbonyl (C=O) groups is 1. The number of phenols is 1. The van der Waals surface area contributed by atoms with E-state index in [2.05, 4.69) is 6.92 Å². The average molecular weight is 247 g/mol. The molecule has 0 amide bonds. The van der Waals surface area contributed by atoms with Crippen molar-refractivity contribution >= 4 is 16.9 Å². The van der Waals surface area contributed by atoms with Gasteiger partial charge in [-0.05, 0) is 31.0 Å². The van der Waals surface area contributed by atoms with Gasteiger partial charge in [0.25, 0.3) is 0 Å². The lowest BCUT2D eigenvalue weighted by Gasteiger charge is -2.08. The number of hydrogen-bond donors (Lipinski definition) is 2. The molecule has 0 bridgehead atoms. The maximum Gasteiger partial charge on any atom is 0.338 e. The predicted octanol–water partition coefficient (Wildman–Crippen LogP) is 3.02. The molecule has 1 aromatic heterocycles. The van der Waals surface area contributed by atoms with Crippen LogP contribution in [0.2, 0.25) is 0 Å². The van der Waals surface area contributed by atoms with Crippen molar-refractivity contribution in [3.05, 3.63) is 29.5 Å². The molecule has 0 saturated carbocycles. The predicted molar refractivity (Wildman–Crippen MR) is 70.2 cm³/mol. The number of nitrogens with zero attached hydrogens (tertiary/aromatic N) is 1. The number of carboxylic acid groups (broad SMARTS) is 1. The zero-order valence-corrected chi connectivity index (χ0v) is 10.6. The zero-order chi connectivity index (χ0) is 13.3. The number of hydrogen-bond acceptors (Lipinski definition) is 2. The Morgan fingerprint density at radius 3 is 2.61 bits per heavy atom. The van der Waals surface area contributed by atoms with Gasteiger partial charge in [-0.1, -0.05) is 13.8 Å². The van der Waals surface area contributed by atoms with Gasteiger partial charge < -0.3 is 14.8 Å². The van der Waals surface area contributed by atoms with Gasteiger partial charge in [-0.25, -0.2) is 4.79 Å². The molecule has 0 atom stereocenters. The van der Waals surface area contributed by atoms with Gasteiger partial charge in [-0.3, -0.25) is 0 Å². The van der Waals surface area contributed by atoms with E-state index >= 15 is 0 Å². The number of aromatic carboxylic acids is 1. The molecule has 1 aromatic carbocycles. The molecular formula is C14H17NO3. The van der Waals surface area contributed by atoms with Gasteiger partial charge in [0.1, 0.15) is 5.75 Å². The number of aromatic nitrogens is 1. The lowest BCUT2D eigenvalue weighted by molar-refractivity contribution is 0.0697. The number of fused-ring (bicyclic) bond motifs is 1. The molecule has 1 heterocycles. The Balaban J connectivity index is 2.85. The maximum atomic E-state index is 11.4. The van der Waals surface area contributed by atoms with Crippen molar-refractivity contribution in [1.82, 2.24) is 4.57 Å². The Morgan fingerprint density at radius 2 is 2.06 bits per heavy atom. The quantitative estimate of drug-likeness (QED) is 0.873. The van der Waals surface area contributed by atoms with Crippen LogP contribution in [-0.4, -0.2) is 20.7 Å². The van der Waals surface area contributed by atoms with Crippen LogP contribution < -0.4 is 0 Å². The third-order valence-corrected chi connectivity index (χ3v) is 3.15. The van der Waals surface area contributed by atoms with Gasteiger partial charge in [0.05, 0.1) is 5.56 Å². The second kappa shape index (κ2) is 4.72. The summed E-state index contributed by atoms with van der Waals surface area (Å²) < 4.78 is 2.04. The number of aryl methyl sites for hydroxylation is 1. The van der Waals surface area contributed by atoms with Crippen molar-refractivity contribution in [3.63, 3.8) is 0 Å². The number of aromatic hydroxyl groups is 1. The van der Waals surface area contributed by atoms with Crippen LogP contribution in [0.15, 0.2) is 18.2 Å². The van der Waals surface area contributed by atoms with Crippen LogP contribution in [0.5, 0.6) is 5.75 Å². The summed E-state index contributed by atoms with van der Waals surface area (Å²) in [6, 6.07) is 4.91. The summed E-state index contributed by atoms with van der Waals surface area (Å²) in [4.78, 5) is 11.4. The first-order chi connectivity index (χ1) is 8.60. The number of benzene rings is 1. The van der Waals surface area contributed by atoms with E-state index in [-0.39, 0.29) is 5.75 Å². The van der Waals surface area contributed by atoms with E-state index in [0.29, 0.717) is 17.4 Å². The largest absolute Gasteiger partial charge is 0.508 e. The monoisotopic (exact) mass is 247 g/mol. The highest BCUT2D eigenvalue weighted by Crippen LogP contribution is 2.30. The minimum absolute atomic E-state index is 0.0984. The van der Waals surface area contributed by atoms with E-state index in [1.165, 1.54) is 6.07 Å². The molecule has 4 nitrogen and oxygen atoms in total. The highest BCUT2D eigenvalue weighted by atomic mass is 16.4. The Morgan fingerprint density at radius 1 is 1.33 bits per heavy atom. The fourth-order valence-electron chi connectivity index (χ4n) is 2.48. The third-order valence-electron chi connectivity index (χ3n) is 3.15. The van der Waals surface area contributed by atoms with Crippen molar-refractivity contribution in [3.8, 4) is 5.75 Å². The number of phenolic OH excluding ortho intramolecular Hbond substituents is 1. The Hall–Kier alpha value is -1.97. The van der Waals surface area contributed by atoms with Gasteiger partial charge in [-0.2, -0.15) is 0 Å². The smallest absolute Gasteiger partial charge is 0.338 e. The minimum atomic E-state index is -0.933. The fraction of sp³-hybridized carbons (Fsp3) is 0.357. The van der Waals surface area contributed by atoms with E-state index < -0.39 is 5.97 Å². The molecule has 0 spiro atoms. The van der Waals surface area contributed by atoms with Crippen LogP contribution >= 0.6 is 0 Å². The Labute approximate surface area is 105 Å². The molecule has 0 aliphatic heterocycles. The van der Waals surface area contributed by atoms with Crippen molar-refractivity contribution in [2.45, 2.75) is 33.2 Å². The second-order valence-corrected chi connectivity index (χ2v) is 4.33. The van der Waals surface area contributed by atoms with E-state index in [1.807, 2.05) is 11.5 Å². The third kappa shape index (κ3) is 1.83. The molecule has 4 heteroatoms. The van der Waals surface area contributed by atoms with Gasteiger partial charge in [0.15, 0.2) is 0 Å². The van der Waals surface area contributed by atoms with E-state index in [4.69, 9.17) is 0 Å². The van der Waals surface area contributed by atoms with Crippen molar-refractivity contribution < 1.29 is 15.0 Å². The molecular weight excluding hydrogens is 230 g/mol. The molecule has 0 saturated heterocycles. The number of carboxylic acids is 1. The van der Waals surface area contributed by atoms with Crippen LogP contribution in [0.3, 0.4) is 0 Å². The lowest BCUT2D eigenvalue weighted by Crippen LogP contribution is -2.06. The van der Waals surface area contributed by atoms with Gasteiger partial charge in [0, 0.05) is 23.1 Å². The SMILES string of the molecule is CCCn1c(CC)c(C(=O)O)c2cc(O)ccc21. The molecule has 0 aliphatic carbocycles. The highest BCUT2D eigenvalue weighted by molar-refractivity contribution is 6.05. The Bertz CT molecular complexity index is 599. The van der Waals surface area contributed by atoms with E-state index in [9.17, 15) is 15.0 Å². The molecule has 18 heavy (non-hydrogen) atoms. The van der Waals surface area contributed by atoms with Crippen LogP contribution in [-0.2, 0) is 13.0 Å². The second-order valence-electron chi connectivity index (χ2n) is 4.33. The van der Waals surface area contributed by atoms with Crippen LogP contribution in [0, 0.1) is 0 Å². The minimum Gasteiger partial charge on any atom is -0.508 e. The van der Waals surface area contributed by atoms with E-state index in [1.54, 1.807) is 12.1 Å². The molecule has 0 radical (unpaired) electrons. The summed E-state index contributed by atoms with van der Waals surface area (Å²) in [7, 11) is 0. The molecule has 96 valence electrons. The van der Waals surface area contributed by atoms with Gasteiger partial charge >= 0.3 is 5.97 Å². The van der Waals surface area contributed by atoms with Crippen LogP contribution in [0.4, 0.5) is 0 Å². The molecule has 2 N–H and O–H groups in total. The molecule has 0 aliphatic rings. The molecule has 0 fully saturated rings. The maximum absolute atomic E-state index is 11.4. The molecule has 2 aromatic rings. The first-order valence-corrected chi connectivity index (χ1v) is 6.17. The van der Waals surface area contributed by atoms with Crippen molar-refractivity contribution in [2.75, 3.05) is 0 Å².